The van der Waals surface area contributed by atoms with Crippen LogP contribution in [0.1, 0.15) is 18.4 Å². The Balaban J connectivity index is 1.66. The van der Waals surface area contributed by atoms with Crippen LogP contribution in [-0.2, 0) is 11.3 Å². The minimum atomic E-state index is 0.722. The fourth-order valence-corrected chi connectivity index (χ4v) is 2.48. The van der Waals surface area contributed by atoms with Crippen molar-refractivity contribution >= 4 is 17.3 Å². The van der Waals surface area contributed by atoms with Crippen LogP contribution in [0.3, 0.4) is 0 Å². The molecule has 0 radical (unpaired) electrons. The van der Waals surface area contributed by atoms with Gasteiger partial charge < -0.3 is 15.0 Å². The predicted molar refractivity (Wildman–Crippen MR) is 74.3 cm³/mol. The maximum Gasteiger partial charge on any atom is 0.0642 e. The highest BCUT2D eigenvalue weighted by Gasteiger charge is 2.20. The van der Waals surface area contributed by atoms with Crippen molar-refractivity contribution in [1.82, 2.24) is 5.32 Å². The van der Waals surface area contributed by atoms with Crippen LogP contribution in [0.2, 0.25) is 5.02 Å². The fourth-order valence-electron chi connectivity index (χ4n) is 2.24. The molecule has 0 unspecified atom stereocenters. The summed E-state index contributed by atoms with van der Waals surface area (Å²) in [5.74, 6) is 0. The second kappa shape index (κ2) is 5.47. The first-order valence-corrected chi connectivity index (χ1v) is 7.05. The second-order valence-electron chi connectivity index (χ2n) is 5.03. The molecule has 1 aliphatic carbocycles. The molecule has 2 aliphatic rings. The van der Waals surface area contributed by atoms with Crippen molar-refractivity contribution in [2.75, 3.05) is 31.2 Å². The summed E-state index contributed by atoms with van der Waals surface area (Å²) >= 11 is 6.35. The van der Waals surface area contributed by atoms with Gasteiger partial charge in [0, 0.05) is 36.4 Å². The number of rotatable bonds is 4. The molecule has 0 aromatic heterocycles. The molecule has 1 saturated carbocycles. The average Bonchev–Trinajstić information content (AvgIpc) is 3.22. The molecular formula is C14H19ClN2O. The lowest BCUT2D eigenvalue weighted by atomic mass is 10.2. The van der Waals surface area contributed by atoms with Crippen LogP contribution in [0.15, 0.2) is 18.2 Å². The highest BCUT2D eigenvalue weighted by atomic mass is 35.5. The quantitative estimate of drug-likeness (QED) is 0.906. The van der Waals surface area contributed by atoms with Crippen LogP contribution >= 0.6 is 11.6 Å². The van der Waals surface area contributed by atoms with Gasteiger partial charge >= 0.3 is 0 Å². The topological polar surface area (TPSA) is 24.5 Å². The van der Waals surface area contributed by atoms with Gasteiger partial charge in [-0.25, -0.2) is 0 Å². The van der Waals surface area contributed by atoms with Crippen LogP contribution in [-0.4, -0.2) is 32.3 Å². The summed E-state index contributed by atoms with van der Waals surface area (Å²) in [5.41, 5.74) is 2.40. The van der Waals surface area contributed by atoms with E-state index in [2.05, 4.69) is 28.4 Å². The standard InChI is InChI=1S/C14H19ClN2O/c15-14-9-13(17-5-7-18-8-6-17)4-1-11(14)10-16-12-2-3-12/h1,4,9,12,16H,2-3,5-8,10H2. The van der Waals surface area contributed by atoms with Gasteiger partial charge in [-0.05, 0) is 30.5 Å². The SMILES string of the molecule is Clc1cc(N2CCOCC2)ccc1CNC1CC1. The summed E-state index contributed by atoms with van der Waals surface area (Å²) in [4.78, 5) is 2.33. The Kier molecular flexibility index (Phi) is 3.73. The van der Waals surface area contributed by atoms with Crippen molar-refractivity contribution in [3.8, 4) is 0 Å². The van der Waals surface area contributed by atoms with Gasteiger partial charge in [-0.2, -0.15) is 0 Å². The Hall–Kier alpha value is -0.770. The van der Waals surface area contributed by atoms with Gasteiger partial charge in [-0.15, -0.1) is 0 Å². The van der Waals surface area contributed by atoms with Gasteiger partial charge in [0.15, 0.2) is 0 Å². The number of morpholine rings is 1. The van der Waals surface area contributed by atoms with Crippen molar-refractivity contribution in [1.29, 1.82) is 0 Å². The molecule has 4 heteroatoms. The third kappa shape index (κ3) is 2.97. The van der Waals surface area contributed by atoms with E-state index in [-0.39, 0.29) is 0 Å². The largest absolute Gasteiger partial charge is 0.378 e. The zero-order chi connectivity index (χ0) is 12.4. The highest BCUT2D eigenvalue weighted by molar-refractivity contribution is 6.31. The van der Waals surface area contributed by atoms with Gasteiger partial charge in [0.2, 0.25) is 0 Å². The molecule has 98 valence electrons. The predicted octanol–water partition coefficient (Wildman–Crippen LogP) is 2.43. The molecule has 1 aromatic carbocycles. The molecule has 0 spiro atoms. The number of ether oxygens (including phenoxy) is 1. The monoisotopic (exact) mass is 266 g/mol. The third-order valence-corrected chi connectivity index (χ3v) is 3.92. The molecule has 3 rings (SSSR count). The van der Waals surface area contributed by atoms with E-state index in [0.717, 1.165) is 43.9 Å². The van der Waals surface area contributed by atoms with Gasteiger partial charge in [-0.1, -0.05) is 17.7 Å². The minimum absolute atomic E-state index is 0.722. The van der Waals surface area contributed by atoms with Crippen molar-refractivity contribution in [2.24, 2.45) is 0 Å². The highest BCUT2D eigenvalue weighted by Crippen LogP contribution is 2.26. The van der Waals surface area contributed by atoms with Crippen LogP contribution in [0.5, 0.6) is 0 Å². The van der Waals surface area contributed by atoms with E-state index in [0.29, 0.717) is 0 Å². The minimum Gasteiger partial charge on any atom is -0.378 e. The Morgan fingerprint density at radius 1 is 1.28 bits per heavy atom. The van der Waals surface area contributed by atoms with E-state index in [1.807, 2.05) is 0 Å². The first kappa shape index (κ1) is 12.3. The molecule has 0 amide bonds. The lowest BCUT2D eigenvalue weighted by molar-refractivity contribution is 0.122. The molecular weight excluding hydrogens is 248 g/mol. The zero-order valence-corrected chi connectivity index (χ0v) is 11.2. The van der Waals surface area contributed by atoms with Gasteiger partial charge in [0.25, 0.3) is 0 Å². The van der Waals surface area contributed by atoms with E-state index in [1.54, 1.807) is 0 Å². The molecule has 1 heterocycles. The number of hydrogen-bond acceptors (Lipinski definition) is 3. The summed E-state index contributed by atoms with van der Waals surface area (Å²) in [6, 6.07) is 7.11. The number of anilines is 1. The molecule has 18 heavy (non-hydrogen) atoms. The van der Waals surface area contributed by atoms with Crippen LogP contribution in [0.4, 0.5) is 5.69 Å². The molecule has 1 aromatic rings. The third-order valence-electron chi connectivity index (χ3n) is 3.57. The molecule has 2 fully saturated rings. The molecule has 0 atom stereocenters. The number of benzene rings is 1. The zero-order valence-electron chi connectivity index (χ0n) is 10.5. The maximum absolute atomic E-state index is 6.35. The van der Waals surface area contributed by atoms with Gasteiger partial charge in [-0.3, -0.25) is 0 Å². The van der Waals surface area contributed by atoms with Crippen molar-refractivity contribution < 1.29 is 4.74 Å². The normalized spacial score (nSPS) is 20.2. The van der Waals surface area contributed by atoms with E-state index < -0.39 is 0 Å². The molecule has 1 N–H and O–H groups in total. The Morgan fingerprint density at radius 2 is 2.06 bits per heavy atom. The lowest BCUT2D eigenvalue weighted by Crippen LogP contribution is -2.36. The first-order chi connectivity index (χ1) is 8.83. The summed E-state index contributed by atoms with van der Waals surface area (Å²) in [5, 5.41) is 4.36. The summed E-state index contributed by atoms with van der Waals surface area (Å²) in [7, 11) is 0. The first-order valence-electron chi connectivity index (χ1n) is 6.67. The number of hydrogen-bond donors (Lipinski definition) is 1. The van der Waals surface area contributed by atoms with Crippen molar-refractivity contribution in [3.05, 3.63) is 28.8 Å². The number of nitrogens with zero attached hydrogens (tertiary/aromatic N) is 1. The fraction of sp³-hybridized carbons (Fsp3) is 0.571. The van der Waals surface area contributed by atoms with Crippen LogP contribution in [0, 0.1) is 0 Å². The smallest absolute Gasteiger partial charge is 0.0642 e. The molecule has 3 nitrogen and oxygen atoms in total. The van der Waals surface area contributed by atoms with E-state index in [1.165, 1.54) is 24.1 Å². The van der Waals surface area contributed by atoms with E-state index in [4.69, 9.17) is 16.3 Å². The van der Waals surface area contributed by atoms with Crippen molar-refractivity contribution in [3.63, 3.8) is 0 Å². The maximum atomic E-state index is 6.35. The average molecular weight is 267 g/mol. The Labute approximate surface area is 113 Å². The lowest BCUT2D eigenvalue weighted by Gasteiger charge is -2.29. The molecule has 1 saturated heterocycles. The van der Waals surface area contributed by atoms with E-state index >= 15 is 0 Å². The van der Waals surface area contributed by atoms with Crippen LogP contribution in [0.25, 0.3) is 0 Å². The van der Waals surface area contributed by atoms with Crippen molar-refractivity contribution in [2.45, 2.75) is 25.4 Å². The Morgan fingerprint density at radius 3 is 2.72 bits per heavy atom. The summed E-state index contributed by atoms with van der Waals surface area (Å²) in [6.07, 6.45) is 2.62. The second-order valence-corrected chi connectivity index (χ2v) is 5.44. The molecule has 1 aliphatic heterocycles. The number of nitrogens with one attached hydrogen (secondary N) is 1. The summed E-state index contributed by atoms with van der Waals surface area (Å²) < 4.78 is 5.36. The molecule has 0 bridgehead atoms. The summed E-state index contributed by atoms with van der Waals surface area (Å²) in [6.45, 7) is 4.41. The van der Waals surface area contributed by atoms with Gasteiger partial charge in [0.1, 0.15) is 0 Å². The number of halogens is 1. The van der Waals surface area contributed by atoms with Crippen LogP contribution < -0.4 is 10.2 Å². The van der Waals surface area contributed by atoms with Gasteiger partial charge in [0.05, 0.1) is 13.2 Å². The van der Waals surface area contributed by atoms with E-state index in [9.17, 15) is 0 Å². The Bertz CT molecular complexity index is 414.